The third-order valence-corrected chi connectivity index (χ3v) is 7.59. The Balaban J connectivity index is 1.91. The van der Waals surface area contributed by atoms with Crippen LogP contribution in [0.25, 0.3) is 5.57 Å². The first-order chi connectivity index (χ1) is 19.9. The van der Waals surface area contributed by atoms with Crippen LogP contribution in [0.2, 0.25) is 0 Å². The number of anilines is 2. The molecule has 0 heterocycles. The highest BCUT2D eigenvalue weighted by molar-refractivity contribution is 5.81. The largest absolute Gasteiger partial charge is 0.378 e. The molecule has 4 aromatic rings. The first-order valence-corrected chi connectivity index (χ1v) is 14.8. The smallest absolute Gasteiger partial charge is 0.292 e. The van der Waals surface area contributed by atoms with E-state index in [4.69, 9.17) is 4.29 Å². The van der Waals surface area contributed by atoms with Crippen LogP contribution < -0.4 is 23.8 Å². The second-order valence-corrected chi connectivity index (χ2v) is 11.7. The van der Waals surface area contributed by atoms with Crippen molar-refractivity contribution in [3.63, 3.8) is 0 Å². The summed E-state index contributed by atoms with van der Waals surface area (Å²) < 4.78 is 42.1. The van der Waals surface area contributed by atoms with Gasteiger partial charge < -0.3 is 9.80 Å². The van der Waals surface area contributed by atoms with Gasteiger partial charge in [-0.1, -0.05) is 96.1 Å². The molecule has 4 aromatic carbocycles. The van der Waals surface area contributed by atoms with Gasteiger partial charge in [0, 0.05) is 50.7 Å². The number of hydrogen-bond donors (Lipinski definition) is 0. The third-order valence-electron chi connectivity index (χ3n) is 7.16. The molecule has 0 amide bonds. The van der Waals surface area contributed by atoms with E-state index in [9.17, 15) is 14.0 Å². The molecule has 6 nitrogen and oxygen atoms in total. The molecule has 0 saturated heterocycles. The minimum atomic E-state index is -4.80. The standard InChI is InChI=1S/C35H37ClN2O4/c1-26-9-13-28(14-10-26)34(29-15-21-32(22-16-29)37(3)4)8-7-25-35(42-36(39,40)41,30-17-11-27(2)12-18-30)31-19-23-33(24-20-31)38(5)6/h7-25H,1-6H3. The third kappa shape index (κ3) is 7.48. The zero-order chi connectivity index (χ0) is 30.5. The molecule has 0 aliphatic rings. The Morgan fingerprint density at radius 1 is 0.619 bits per heavy atom. The first-order valence-electron chi connectivity index (χ1n) is 13.6. The van der Waals surface area contributed by atoms with Crippen LogP contribution in [-0.2, 0) is 9.89 Å². The molecule has 4 rings (SSSR count). The van der Waals surface area contributed by atoms with Crippen molar-refractivity contribution in [1.29, 1.82) is 0 Å². The Kier molecular flexibility index (Phi) is 9.57. The predicted octanol–water partition coefficient (Wildman–Crippen LogP) is 4.28. The lowest BCUT2D eigenvalue weighted by atomic mass is 9.85. The highest BCUT2D eigenvalue weighted by atomic mass is 35.7. The fourth-order valence-electron chi connectivity index (χ4n) is 4.74. The van der Waals surface area contributed by atoms with E-state index >= 15 is 0 Å². The van der Waals surface area contributed by atoms with Crippen molar-refractivity contribution in [3.8, 4) is 0 Å². The zero-order valence-corrected chi connectivity index (χ0v) is 25.6. The van der Waals surface area contributed by atoms with E-state index in [1.165, 1.54) is 0 Å². The quantitative estimate of drug-likeness (QED) is 0.259. The van der Waals surface area contributed by atoms with Gasteiger partial charge in [-0.05, 0) is 60.9 Å². The Morgan fingerprint density at radius 2 is 1.00 bits per heavy atom. The Morgan fingerprint density at radius 3 is 1.43 bits per heavy atom. The minimum Gasteiger partial charge on any atom is -0.378 e. The molecule has 1 unspecified atom stereocenters. The molecule has 0 bridgehead atoms. The number of allylic oxidation sites excluding steroid dienone is 2. The SMILES string of the molecule is Cc1ccc(C(=CC=CC(O[Cl+3]([O-])([O-])[O-])(c2ccc(C)cc2)c2ccc(N(C)C)cc2)c2ccc(N(C)C)cc2)cc1. The minimum absolute atomic E-state index is 0.501. The predicted molar refractivity (Wildman–Crippen MR) is 162 cm³/mol. The van der Waals surface area contributed by atoms with Crippen molar-refractivity contribution in [1.82, 2.24) is 0 Å². The van der Waals surface area contributed by atoms with Gasteiger partial charge in [-0.2, -0.15) is 14.0 Å². The molecular weight excluding hydrogens is 548 g/mol. The number of halogens is 1. The van der Waals surface area contributed by atoms with Crippen LogP contribution in [0.3, 0.4) is 0 Å². The van der Waals surface area contributed by atoms with Gasteiger partial charge in [0.05, 0.1) is 14.5 Å². The second-order valence-electron chi connectivity index (χ2n) is 10.7. The molecule has 0 N–H and O–H groups in total. The molecule has 218 valence electrons. The molecule has 0 aromatic heterocycles. The molecule has 0 aliphatic carbocycles. The van der Waals surface area contributed by atoms with Crippen LogP contribution in [0.1, 0.15) is 33.4 Å². The summed E-state index contributed by atoms with van der Waals surface area (Å²) in [5.41, 5.74) is 6.35. The van der Waals surface area contributed by atoms with E-state index in [2.05, 4.69) is 48.5 Å². The van der Waals surface area contributed by atoms with E-state index in [-0.39, 0.29) is 0 Å². The van der Waals surface area contributed by atoms with Crippen LogP contribution in [0.5, 0.6) is 0 Å². The summed E-state index contributed by atoms with van der Waals surface area (Å²) in [7, 11) is 3.02. The number of benzene rings is 4. The van der Waals surface area contributed by atoms with Gasteiger partial charge in [-0.3, -0.25) is 0 Å². The van der Waals surface area contributed by atoms with Crippen molar-refractivity contribution in [2.75, 3.05) is 38.0 Å². The van der Waals surface area contributed by atoms with Crippen LogP contribution in [-0.4, -0.2) is 28.2 Å². The van der Waals surface area contributed by atoms with Gasteiger partial charge in [-0.25, -0.2) is 0 Å². The molecule has 1 atom stereocenters. The summed E-state index contributed by atoms with van der Waals surface area (Å²) in [6.07, 6.45) is 5.31. The summed E-state index contributed by atoms with van der Waals surface area (Å²) in [6.45, 7) is 3.98. The highest BCUT2D eigenvalue weighted by Gasteiger charge is 2.47. The molecule has 0 fully saturated rings. The van der Waals surface area contributed by atoms with E-state index in [1.54, 1.807) is 36.4 Å². The fraction of sp³-hybridized carbons (Fsp3) is 0.200. The maximum atomic E-state index is 12.2. The van der Waals surface area contributed by atoms with Gasteiger partial charge in [0.15, 0.2) is 0 Å². The lowest BCUT2D eigenvalue weighted by Crippen LogP contribution is -2.63. The molecule has 0 saturated carbocycles. The lowest BCUT2D eigenvalue weighted by Gasteiger charge is -2.28. The molecule has 7 heteroatoms. The normalized spacial score (nSPS) is 13.7. The maximum absolute atomic E-state index is 12.2. The molecular formula is C35H37ClN2O4. The van der Waals surface area contributed by atoms with Gasteiger partial charge >= 0.3 is 0 Å². The maximum Gasteiger partial charge on any atom is 0.292 e. The van der Waals surface area contributed by atoms with Crippen molar-refractivity contribution in [2.24, 2.45) is 0 Å². The topological polar surface area (TPSA) is 84.9 Å². The average molecular weight is 585 g/mol. The summed E-state index contributed by atoms with van der Waals surface area (Å²) in [6, 6.07) is 31.0. The van der Waals surface area contributed by atoms with Gasteiger partial charge in [0.1, 0.15) is 0 Å². The summed E-state index contributed by atoms with van der Waals surface area (Å²) >= 11 is 0. The summed E-state index contributed by atoms with van der Waals surface area (Å²) in [5.74, 6) is 0. The highest BCUT2D eigenvalue weighted by Crippen LogP contribution is 2.38. The van der Waals surface area contributed by atoms with E-state index in [1.807, 2.05) is 82.2 Å². The number of nitrogens with zero attached hydrogens (tertiary/aromatic N) is 2. The van der Waals surface area contributed by atoms with Crippen LogP contribution in [0.15, 0.2) is 115 Å². The Bertz CT molecular complexity index is 1520. The number of aryl methyl sites for hydroxylation is 2. The Hall–Kier alpha value is -3.91. The van der Waals surface area contributed by atoms with Crippen molar-refractivity contribution >= 4 is 16.9 Å². The van der Waals surface area contributed by atoms with Gasteiger partial charge in [-0.15, -0.1) is 0 Å². The van der Waals surface area contributed by atoms with Gasteiger partial charge in [0.2, 0.25) is 0 Å². The van der Waals surface area contributed by atoms with Crippen molar-refractivity contribution in [3.05, 3.63) is 149 Å². The molecule has 42 heavy (non-hydrogen) atoms. The van der Waals surface area contributed by atoms with E-state index < -0.39 is 15.8 Å². The van der Waals surface area contributed by atoms with Crippen LogP contribution >= 0.6 is 0 Å². The summed E-state index contributed by atoms with van der Waals surface area (Å²) in [5, 5.41) is 0. The lowest BCUT2D eigenvalue weighted by molar-refractivity contribution is -1.92. The molecule has 0 aliphatic heterocycles. The van der Waals surface area contributed by atoms with Gasteiger partial charge in [0.25, 0.3) is 5.60 Å². The van der Waals surface area contributed by atoms with Crippen molar-refractivity contribution < 1.29 is 28.5 Å². The average Bonchev–Trinajstić information content (AvgIpc) is 2.95. The van der Waals surface area contributed by atoms with E-state index in [0.717, 1.165) is 39.2 Å². The monoisotopic (exact) mass is 584 g/mol. The van der Waals surface area contributed by atoms with Crippen molar-refractivity contribution in [2.45, 2.75) is 19.4 Å². The molecule has 0 radical (unpaired) electrons. The van der Waals surface area contributed by atoms with E-state index in [0.29, 0.717) is 11.1 Å². The zero-order valence-electron chi connectivity index (χ0n) is 24.9. The first kappa shape index (κ1) is 31.0. The fourth-order valence-corrected chi connectivity index (χ4v) is 5.27. The number of hydrogen-bond acceptors (Lipinski definition) is 6. The summed E-state index contributed by atoms with van der Waals surface area (Å²) in [4.78, 5) is 3.98. The van der Waals surface area contributed by atoms with Crippen LogP contribution in [0, 0.1) is 24.1 Å². The van der Waals surface area contributed by atoms with Crippen LogP contribution in [0.4, 0.5) is 11.4 Å². The number of rotatable bonds is 10. The second kappa shape index (κ2) is 12.9. The Labute approximate surface area is 251 Å². The molecule has 0 spiro atoms.